The minimum Gasteiger partial charge on any atom is -0.351 e. The fourth-order valence-electron chi connectivity index (χ4n) is 3.95. The van der Waals surface area contributed by atoms with Crippen molar-refractivity contribution in [3.8, 4) is 0 Å². The van der Waals surface area contributed by atoms with Gasteiger partial charge in [-0.2, -0.15) is 10.6 Å². The molecule has 160 valence electrons. The van der Waals surface area contributed by atoms with Crippen molar-refractivity contribution in [1.29, 1.82) is 0 Å². The Morgan fingerprint density at radius 2 is 1.87 bits per heavy atom. The maximum atomic E-state index is 10.7. The molecule has 4 rings (SSSR count). The number of aromatic nitrogens is 1. The van der Waals surface area contributed by atoms with E-state index in [1.165, 1.54) is 0 Å². The standard InChI is InChI=1S/C23H30N4O2S/c1-15-8-9-19-17(12-15)18(22(24)23(2,3)25)13-21(26-19)27-10-11-30(28,29)20-7-5-4-6-16(20)14-27/h4-9,12-13,22,28-29H,10-11,14,24-25H2,1-3H3. The lowest BCUT2D eigenvalue weighted by atomic mass is 9.88. The summed E-state index contributed by atoms with van der Waals surface area (Å²) < 4.78 is 21.4. The molecule has 0 bridgehead atoms. The number of benzene rings is 2. The topological polar surface area (TPSA) is 109 Å². The molecule has 1 unspecified atom stereocenters. The van der Waals surface area contributed by atoms with Crippen LogP contribution in [-0.2, 0) is 6.54 Å². The Kier molecular flexibility index (Phi) is 5.28. The van der Waals surface area contributed by atoms with Gasteiger partial charge < -0.3 is 16.4 Å². The quantitative estimate of drug-likeness (QED) is 0.494. The van der Waals surface area contributed by atoms with Gasteiger partial charge in [0.15, 0.2) is 0 Å². The van der Waals surface area contributed by atoms with Gasteiger partial charge in [-0.3, -0.25) is 9.11 Å². The van der Waals surface area contributed by atoms with E-state index in [2.05, 4.69) is 11.0 Å². The number of nitrogens with zero attached hydrogens (tertiary/aromatic N) is 2. The molecule has 0 aliphatic carbocycles. The number of hydrogen-bond acceptors (Lipinski definition) is 6. The maximum absolute atomic E-state index is 10.7. The van der Waals surface area contributed by atoms with Crippen LogP contribution in [0.5, 0.6) is 0 Å². The van der Waals surface area contributed by atoms with Crippen LogP contribution in [0, 0.1) is 6.92 Å². The number of hydrogen-bond donors (Lipinski definition) is 4. The summed E-state index contributed by atoms with van der Waals surface area (Å²) in [5.74, 6) is 1.04. The Balaban J connectivity index is 1.85. The summed E-state index contributed by atoms with van der Waals surface area (Å²) in [5.41, 5.74) is 16.2. The van der Waals surface area contributed by atoms with Crippen molar-refractivity contribution >= 4 is 27.3 Å². The smallest absolute Gasteiger partial charge is 0.129 e. The minimum absolute atomic E-state index is 0.265. The Labute approximate surface area is 179 Å². The van der Waals surface area contributed by atoms with E-state index >= 15 is 0 Å². The lowest BCUT2D eigenvalue weighted by molar-refractivity contribution is 0.422. The van der Waals surface area contributed by atoms with Crippen molar-refractivity contribution in [3.05, 3.63) is 65.2 Å². The number of pyridine rings is 1. The van der Waals surface area contributed by atoms with E-state index in [1.807, 2.05) is 63.2 Å². The predicted octanol–water partition coefficient (Wildman–Crippen LogP) is 4.41. The fraction of sp³-hybridized carbons (Fsp3) is 0.348. The van der Waals surface area contributed by atoms with Crippen LogP contribution >= 0.6 is 10.6 Å². The van der Waals surface area contributed by atoms with Crippen LogP contribution in [0.15, 0.2) is 53.4 Å². The van der Waals surface area contributed by atoms with E-state index < -0.39 is 16.1 Å². The summed E-state index contributed by atoms with van der Waals surface area (Å²) >= 11 is 0. The number of aryl methyl sites for hydroxylation is 1. The first kappa shape index (κ1) is 21.1. The van der Waals surface area contributed by atoms with Gasteiger partial charge in [0.2, 0.25) is 0 Å². The van der Waals surface area contributed by atoms with Crippen LogP contribution in [0.25, 0.3) is 10.9 Å². The van der Waals surface area contributed by atoms with Gasteiger partial charge in [0, 0.05) is 30.1 Å². The van der Waals surface area contributed by atoms with Crippen molar-refractivity contribution in [2.75, 3.05) is 17.2 Å². The third kappa shape index (κ3) is 3.91. The van der Waals surface area contributed by atoms with Gasteiger partial charge in [0.1, 0.15) is 5.82 Å². The molecule has 0 spiro atoms. The van der Waals surface area contributed by atoms with Crippen molar-refractivity contribution < 1.29 is 9.11 Å². The summed E-state index contributed by atoms with van der Waals surface area (Å²) in [6, 6.07) is 15.3. The molecule has 30 heavy (non-hydrogen) atoms. The highest BCUT2D eigenvalue weighted by Gasteiger charge is 2.29. The van der Waals surface area contributed by atoms with Gasteiger partial charge in [-0.25, -0.2) is 4.98 Å². The molecule has 2 heterocycles. The van der Waals surface area contributed by atoms with Crippen molar-refractivity contribution in [3.63, 3.8) is 0 Å². The minimum atomic E-state index is -2.83. The van der Waals surface area contributed by atoms with Gasteiger partial charge in [0.05, 0.1) is 16.2 Å². The van der Waals surface area contributed by atoms with Gasteiger partial charge in [-0.05, 0) is 56.2 Å². The molecule has 1 aliphatic heterocycles. The average molecular weight is 427 g/mol. The van der Waals surface area contributed by atoms with Crippen LogP contribution in [0.3, 0.4) is 0 Å². The highest BCUT2D eigenvalue weighted by Crippen LogP contribution is 2.51. The molecule has 7 heteroatoms. The third-order valence-electron chi connectivity index (χ3n) is 5.78. The van der Waals surface area contributed by atoms with Crippen LogP contribution in [0.4, 0.5) is 5.82 Å². The Morgan fingerprint density at radius 1 is 1.13 bits per heavy atom. The van der Waals surface area contributed by atoms with Crippen LogP contribution < -0.4 is 16.4 Å². The molecule has 0 radical (unpaired) electrons. The van der Waals surface area contributed by atoms with E-state index in [0.29, 0.717) is 18.0 Å². The van der Waals surface area contributed by atoms with Gasteiger partial charge >= 0.3 is 0 Å². The summed E-state index contributed by atoms with van der Waals surface area (Å²) in [5, 5.41) is 1.00. The molecule has 0 saturated carbocycles. The summed E-state index contributed by atoms with van der Waals surface area (Å²) in [6.45, 7) is 6.94. The largest absolute Gasteiger partial charge is 0.351 e. The number of fused-ring (bicyclic) bond motifs is 2. The summed E-state index contributed by atoms with van der Waals surface area (Å²) in [4.78, 5) is 7.63. The second kappa shape index (κ2) is 7.51. The first-order chi connectivity index (χ1) is 14.1. The normalized spacial score (nSPS) is 18.6. The molecule has 0 fully saturated rings. The highest BCUT2D eigenvalue weighted by molar-refractivity contribution is 8.24. The lowest BCUT2D eigenvalue weighted by Crippen LogP contribution is -2.44. The zero-order valence-electron chi connectivity index (χ0n) is 17.7. The van der Waals surface area contributed by atoms with E-state index in [-0.39, 0.29) is 11.8 Å². The first-order valence-electron chi connectivity index (χ1n) is 10.1. The zero-order chi connectivity index (χ0) is 21.7. The number of rotatable bonds is 3. The van der Waals surface area contributed by atoms with E-state index in [9.17, 15) is 9.11 Å². The molecular formula is C23H30N4O2S. The molecule has 6 N–H and O–H groups in total. The number of anilines is 1. The molecule has 3 aromatic rings. The predicted molar refractivity (Wildman–Crippen MR) is 125 cm³/mol. The molecule has 2 aromatic carbocycles. The van der Waals surface area contributed by atoms with E-state index in [1.54, 1.807) is 0 Å². The summed E-state index contributed by atoms with van der Waals surface area (Å²) in [6.07, 6.45) is 0. The summed E-state index contributed by atoms with van der Waals surface area (Å²) in [7, 11) is -2.83. The Bertz CT molecular complexity index is 1090. The molecule has 1 aliphatic rings. The van der Waals surface area contributed by atoms with Crippen LogP contribution in [0.1, 0.15) is 36.6 Å². The molecule has 1 aromatic heterocycles. The Hall–Kier alpha value is -2.16. The van der Waals surface area contributed by atoms with Gasteiger partial charge in [0.25, 0.3) is 0 Å². The van der Waals surface area contributed by atoms with Crippen molar-refractivity contribution in [1.82, 2.24) is 4.98 Å². The van der Waals surface area contributed by atoms with Crippen LogP contribution in [0.2, 0.25) is 0 Å². The molecule has 0 saturated heterocycles. The average Bonchev–Trinajstić information content (AvgIpc) is 2.82. The maximum Gasteiger partial charge on any atom is 0.129 e. The van der Waals surface area contributed by atoms with Crippen molar-refractivity contribution in [2.45, 2.75) is 43.8 Å². The molecule has 0 amide bonds. The van der Waals surface area contributed by atoms with E-state index in [0.717, 1.165) is 33.4 Å². The van der Waals surface area contributed by atoms with Gasteiger partial charge in [-0.1, -0.05) is 29.8 Å². The highest BCUT2D eigenvalue weighted by atomic mass is 32.3. The zero-order valence-corrected chi connectivity index (χ0v) is 18.5. The van der Waals surface area contributed by atoms with Crippen LogP contribution in [-0.4, -0.2) is 31.9 Å². The van der Waals surface area contributed by atoms with E-state index in [4.69, 9.17) is 16.5 Å². The fourth-order valence-corrected chi connectivity index (χ4v) is 5.50. The number of nitrogens with two attached hydrogens (primary N) is 2. The first-order valence-corrected chi connectivity index (χ1v) is 11.8. The SMILES string of the molecule is Cc1ccc2nc(N3CCS(O)(O)c4ccccc4C3)cc(C(N)C(C)(C)N)c2c1. The second-order valence-corrected chi connectivity index (χ2v) is 11.0. The van der Waals surface area contributed by atoms with Crippen molar-refractivity contribution in [2.24, 2.45) is 11.5 Å². The lowest BCUT2D eigenvalue weighted by Gasteiger charge is -2.32. The third-order valence-corrected chi connectivity index (χ3v) is 7.63. The molecular weight excluding hydrogens is 396 g/mol. The Morgan fingerprint density at radius 3 is 2.60 bits per heavy atom. The molecule has 6 nitrogen and oxygen atoms in total. The monoisotopic (exact) mass is 426 g/mol. The second-order valence-electron chi connectivity index (χ2n) is 8.79. The van der Waals surface area contributed by atoms with Gasteiger partial charge in [-0.15, -0.1) is 0 Å². The molecule has 1 atom stereocenters.